The van der Waals surface area contributed by atoms with Gasteiger partial charge in [-0.15, -0.1) is 0 Å². The van der Waals surface area contributed by atoms with Crippen molar-refractivity contribution in [2.24, 2.45) is 5.41 Å². The van der Waals surface area contributed by atoms with Crippen LogP contribution in [0.5, 0.6) is 0 Å². The Morgan fingerprint density at radius 1 is 1.05 bits per heavy atom. The summed E-state index contributed by atoms with van der Waals surface area (Å²) in [6, 6.07) is 0. The number of aliphatic carboxylic acids is 1. The standard InChI is InChI=1S/C15H27NO4S/c17-14(18)11-15(9-5-2-6-10-15)12-16-21(19,20)13-7-3-1-4-8-13/h13,16H,1-12H2,(H,17,18). The Kier molecular flexibility index (Phi) is 5.66. The van der Waals surface area contributed by atoms with Crippen LogP contribution >= 0.6 is 0 Å². The minimum Gasteiger partial charge on any atom is -0.481 e. The third kappa shape index (κ3) is 4.68. The molecule has 21 heavy (non-hydrogen) atoms. The molecule has 2 N–H and O–H groups in total. The van der Waals surface area contributed by atoms with Crippen molar-refractivity contribution in [3.8, 4) is 0 Å². The topological polar surface area (TPSA) is 83.5 Å². The molecular weight excluding hydrogens is 290 g/mol. The minimum atomic E-state index is -3.30. The van der Waals surface area contributed by atoms with Gasteiger partial charge in [0.1, 0.15) is 0 Å². The smallest absolute Gasteiger partial charge is 0.303 e. The van der Waals surface area contributed by atoms with Gasteiger partial charge in [-0.1, -0.05) is 38.5 Å². The molecule has 0 atom stereocenters. The predicted octanol–water partition coefficient (Wildman–Crippen LogP) is 2.66. The maximum Gasteiger partial charge on any atom is 0.303 e. The molecule has 0 saturated heterocycles. The first-order valence-electron chi connectivity index (χ1n) is 8.14. The summed E-state index contributed by atoms with van der Waals surface area (Å²) in [5.74, 6) is -0.825. The van der Waals surface area contributed by atoms with Crippen molar-refractivity contribution in [2.45, 2.75) is 75.9 Å². The van der Waals surface area contributed by atoms with E-state index >= 15 is 0 Å². The third-order valence-electron chi connectivity index (χ3n) is 5.08. The summed E-state index contributed by atoms with van der Waals surface area (Å²) in [5, 5.41) is 8.85. The van der Waals surface area contributed by atoms with Crippen LogP contribution < -0.4 is 4.72 Å². The Bertz CT molecular complexity index is 448. The molecule has 6 heteroatoms. The maximum absolute atomic E-state index is 12.4. The number of carboxylic acid groups (broad SMARTS) is 1. The van der Waals surface area contributed by atoms with Crippen molar-refractivity contribution < 1.29 is 18.3 Å². The van der Waals surface area contributed by atoms with Gasteiger partial charge in [-0.05, 0) is 31.1 Å². The van der Waals surface area contributed by atoms with Crippen LogP contribution in [0, 0.1) is 5.41 Å². The maximum atomic E-state index is 12.4. The molecule has 2 aliphatic carbocycles. The molecule has 122 valence electrons. The lowest BCUT2D eigenvalue weighted by Crippen LogP contribution is -2.44. The van der Waals surface area contributed by atoms with Gasteiger partial charge in [0.25, 0.3) is 0 Å². The van der Waals surface area contributed by atoms with Crippen LogP contribution in [0.2, 0.25) is 0 Å². The highest BCUT2D eigenvalue weighted by atomic mass is 32.2. The number of sulfonamides is 1. The molecule has 0 bridgehead atoms. The molecule has 2 rings (SSSR count). The Hall–Kier alpha value is -0.620. The normalized spacial score (nSPS) is 23.8. The van der Waals surface area contributed by atoms with E-state index in [0.717, 1.165) is 64.2 Å². The molecule has 0 spiro atoms. The minimum absolute atomic E-state index is 0.0696. The molecule has 0 aliphatic heterocycles. The van der Waals surface area contributed by atoms with Crippen molar-refractivity contribution in [3.63, 3.8) is 0 Å². The Labute approximate surface area is 127 Å². The van der Waals surface area contributed by atoms with Gasteiger partial charge < -0.3 is 5.11 Å². The Morgan fingerprint density at radius 3 is 2.19 bits per heavy atom. The average molecular weight is 317 g/mol. The van der Waals surface area contributed by atoms with Crippen molar-refractivity contribution in [2.75, 3.05) is 6.54 Å². The van der Waals surface area contributed by atoms with E-state index in [9.17, 15) is 13.2 Å². The molecule has 2 aliphatic rings. The van der Waals surface area contributed by atoms with Gasteiger partial charge >= 0.3 is 5.97 Å². The average Bonchev–Trinajstić information content (AvgIpc) is 2.47. The van der Waals surface area contributed by atoms with Gasteiger partial charge in [0.05, 0.1) is 11.7 Å². The van der Waals surface area contributed by atoms with Crippen LogP contribution in [0.1, 0.15) is 70.6 Å². The molecule has 0 radical (unpaired) electrons. The molecule has 2 saturated carbocycles. The summed E-state index contributed by atoms with van der Waals surface area (Å²) in [4.78, 5) is 11.1. The molecular formula is C15H27NO4S. The quantitative estimate of drug-likeness (QED) is 0.789. The lowest BCUT2D eigenvalue weighted by atomic mass is 9.72. The van der Waals surface area contributed by atoms with E-state index in [1.54, 1.807) is 0 Å². The van der Waals surface area contributed by atoms with E-state index in [-0.39, 0.29) is 23.6 Å². The zero-order valence-corrected chi connectivity index (χ0v) is 13.5. The lowest BCUT2D eigenvalue weighted by Gasteiger charge is -2.36. The van der Waals surface area contributed by atoms with E-state index in [1.165, 1.54) is 0 Å². The van der Waals surface area contributed by atoms with Crippen LogP contribution in [0.3, 0.4) is 0 Å². The van der Waals surface area contributed by atoms with E-state index < -0.39 is 16.0 Å². The first kappa shape index (κ1) is 16.7. The van der Waals surface area contributed by atoms with Crippen molar-refractivity contribution in [3.05, 3.63) is 0 Å². The Morgan fingerprint density at radius 2 is 1.62 bits per heavy atom. The summed E-state index contributed by atoms with van der Waals surface area (Å²) in [6.07, 6.45) is 9.36. The van der Waals surface area contributed by atoms with Crippen LogP contribution in [-0.4, -0.2) is 31.3 Å². The molecule has 0 heterocycles. The fraction of sp³-hybridized carbons (Fsp3) is 0.933. The zero-order chi connectivity index (χ0) is 15.3. The van der Waals surface area contributed by atoms with Crippen LogP contribution in [0.15, 0.2) is 0 Å². The number of hydrogen-bond acceptors (Lipinski definition) is 3. The monoisotopic (exact) mass is 317 g/mol. The molecule has 0 unspecified atom stereocenters. The largest absolute Gasteiger partial charge is 0.481 e. The van der Waals surface area contributed by atoms with Crippen molar-refractivity contribution >= 4 is 16.0 Å². The van der Waals surface area contributed by atoms with Gasteiger partial charge in [0.15, 0.2) is 0 Å². The van der Waals surface area contributed by atoms with Gasteiger partial charge in [-0.25, -0.2) is 13.1 Å². The molecule has 0 aromatic heterocycles. The number of carbonyl (C=O) groups is 1. The van der Waals surface area contributed by atoms with Crippen molar-refractivity contribution in [1.82, 2.24) is 4.72 Å². The molecule has 2 fully saturated rings. The van der Waals surface area contributed by atoms with Crippen LogP contribution in [0.4, 0.5) is 0 Å². The van der Waals surface area contributed by atoms with E-state index in [0.29, 0.717) is 0 Å². The molecule has 0 aromatic rings. The van der Waals surface area contributed by atoms with Gasteiger partial charge in [-0.2, -0.15) is 0 Å². The highest BCUT2D eigenvalue weighted by Crippen LogP contribution is 2.39. The second-order valence-electron chi connectivity index (χ2n) is 6.76. The fourth-order valence-electron chi connectivity index (χ4n) is 3.79. The van der Waals surface area contributed by atoms with Crippen LogP contribution in [-0.2, 0) is 14.8 Å². The lowest BCUT2D eigenvalue weighted by molar-refractivity contribution is -0.140. The number of carboxylic acids is 1. The summed E-state index contributed by atoms with van der Waals surface area (Å²) in [6.45, 7) is 0.290. The predicted molar refractivity (Wildman–Crippen MR) is 81.6 cm³/mol. The summed E-state index contributed by atoms with van der Waals surface area (Å²) < 4.78 is 27.5. The first-order valence-corrected chi connectivity index (χ1v) is 9.69. The summed E-state index contributed by atoms with van der Waals surface area (Å²) >= 11 is 0. The highest BCUT2D eigenvalue weighted by molar-refractivity contribution is 7.90. The second kappa shape index (κ2) is 7.09. The van der Waals surface area contributed by atoms with E-state index in [2.05, 4.69) is 4.72 Å². The number of nitrogens with one attached hydrogen (secondary N) is 1. The van der Waals surface area contributed by atoms with Gasteiger partial charge in [-0.3, -0.25) is 4.79 Å². The van der Waals surface area contributed by atoms with Crippen LogP contribution in [0.25, 0.3) is 0 Å². The molecule has 5 nitrogen and oxygen atoms in total. The highest BCUT2D eigenvalue weighted by Gasteiger charge is 2.37. The fourth-order valence-corrected chi connectivity index (χ4v) is 5.48. The SMILES string of the molecule is O=C(O)CC1(CNS(=O)(=O)C2CCCCC2)CCCCC1. The number of rotatable bonds is 6. The van der Waals surface area contributed by atoms with Crippen molar-refractivity contribution in [1.29, 1.82) is 0 Å². The van der Waals surface area contributed by atoms with Gasteiger partial charge in [0.2, 0.25) is 10.0 Å². The van der Waals surface area contributed by atoms with E-state index in [1.807, 2.05) is 0 Å². The number of hydrogen-bond donors (Lipinski definition) is 2. The van der Waals surface area contributed by atoms with Gasteiger partial charge in [0, 0.05) is 6.54 Å². The summed E-state index contributed by atoms with van der Waals surface area (Å²) in [7, 11) is -3.30. The van der Waals surface area contributed by atoms with E-state index in [4.69, 9.17) is 5.11 Å². The summed E-state index contributed by atoms with van der Waals surface area (Å²) in [5.41, 5.74) is -0.383. The second-order valence-corrected chi connectivity index (χ2v) is 8.80. The molecule has 0 aromatic carbocycles. The third-order valence-corrected chi connectivity index (χ3v) is 6.98. The first-order chi connectivity index (χ1) is 9.94. The Balaban J connectivity index is 1.98. The molecule has 0 amide bonds. The zero-order valence-electron chi connectivity index (χ0n) is 12.6.